The Labute approximate surface area is 180 Å². The first-order valence-corrected chi connectivity index (χ1v) is 10.6. The Hall–Kier alpha value is -2.84. The van der Waals surface area contributed by atoms with Crippen molar-refractivity contribution in [3.63, 3.8) is 0 Å². The number of carbonyl (C=O) groups excluding carboxylic acids is 1. The van der Waals surface area contributed by atoms with Crippen LogP contribution in [0.15, 0.2) is 57.9 Å². The zero-order valence-corrected chi connectivity index (χ0v) is 18.4. The van der Waals surface area contributed by atoms with Gasteiger partial charge in [-0.3, -0.25) is 4.79 Å². The van der Waals surface area contributed by atoms with Gasteiger partial charge in [-0.15, -0.1) is 11.8 Å². The highest BCUT2D eigenvalue weighted by molar-refractivity contribution is 7.98. The van der Waals surface area contributed by atoms with Crippen molar-refractivity contribution in [2.75, 3.05) is 27.7 Å². The minimum atomic E-state index is -0.116. The van der Waals surface area contributed by atoms with Gasteiger partial charge in [-0.05, 0) is 50.8 Å². The van der Waals surface area contributed by atoms with Crippen LogP contribution in [0.1, 0.15) is 33.7 Å². The average molecular weight is 427 g/mol. The smallest absolute Gasteiger partial charge is 0.252 e. The average Bonchev–Trinajstić information content (AvgIpc) is 3.17. The van der Waals surface area contributed by atoms with Crippen LogP contribution in [0.2, 0.25) is 0 Å². The molecule has 3 aromatic rings. The summed E-state index contributed by atoms with van der Waals surface area (Å²) in [5.74, 6) is 2.33. The fourth-order valence-electron chi connectivity index (χ4n) is 3.05. The molecule has 1 atom stereocenters. The minimum Gasteiger partial charge on any atom is -0.497 e. The molecular formula is C22H26N4O3S. The van der Waals surface area contributed by atoms with Crippen LogP contribution in [0.3, 0.4) is 0 Å². The Morgan fingerprint density at radius 3 is 2.73 bits per heavy atom. The molecule has 0 spiro atoms. The van der Waals surface area contributed by atoms with Crippen molar-refractivity contribution in [2.45, 2.75) is 23.6 Å². The fraction of sp³-hybridized carbons (Fsp3) is 0.318. The van der Waals surface area contributed by atoms with E-state index in [1.165, 1.54) is 11.8 Å². The molecule has 2 aromatic carbocycles. The molecule has 0 aliphatic carbocycles. The van der Waals surface area contributed by atoms with Crippen LogP contribution >= 0.6 is 11.8 Å². The Morgan fingerprint density at radius 1 is 1.23 bits per heavy atom. The van der Waals surface area contributed by atoms with Crippen LogP contribution in [0.25, 0.3) is 0 Å². The second-order valence-corrected chi connectivity index (χ2v) is 8.00. The van der Waals surface area contributed by atoms with Crippen LogP contribution in [0.4, 0.5) is 0 Å². The molecule has 0 saturated heterocycles. The summed E-state index contributed by atoms with van der Waals surface area (Å²) in [5, 5.41) is 6.87. The molecule has 7 nitrogen and oxygen atoms in total. The maximum atomic E-state index is 12.9. The number of hydrogen-bond acceptors (Lipinski definition) is 7. The molecule has 1 heterocycles. The number of carbonyl (C=O) groups is 1. The predicted molar refractivity (Wildman–Crippen MR) is 117 cm³/mol. The van der Waals surface area contributed by atoms with Gasteiger partial charge in [0.1, 0.15) is 5.75 Å². The highest BCUT2D eigenvalue weighted by atomic mass is 32.2. The van der Waals surface area contributed by atoms with E-state index in [9.17, 15) is 4.79 Å². The molecule has 0 aliphatic heterocycles. The van der Waals surface area contributed by atoms with Crippen molar-refractivity contribution in [3.05, 3.63) is 71.4 Å². The summed E-state index contributed by atoms with van der Waals surface area (Å²) in [7, 11) is 5.63. The predicted octanol–water partition coefficient (Wildman–Crippen LogP) is 3.71. The second kappa shape index (κ2) is 10.3. The number of methoxy groups -OCH3 is 1. The third kappa shape index (κ3) is 5.61. The molecule has 0 fully saturated rings. The Kier molecular flexibility index (Phi) is 7.48. The van der Waals surface area contributed by atoms with E-state index in [1.54, 1.807) is 14.0 Å². The van der Waals surface area contributed by atoms with Crippen LogP contribution in [-0.2, 0) is 5.75 Å². The molecule has 1 N–H and O–H groups in total. The van der Waals surface area contributed by atoms with Gasteiger partial charge in [0.2, 0.25) is 5.89 Å². The van der Waals surface area contributed by atoms with E-state index in [0.717, 1.165) is 16.2 Å². The van der Waals surface area contributed by atoms with E-state index in [1.807, 2.05) is 62.6 Å². The SMILES string of the molecule is COc1cccc(C(CNC(=O)c2ccccc2SCc2nc(C)no2)N(C)C)c1. The lowest BCUT2D eigenvalue weighted by Gasteiger charge is -2.25. The number of nitrogens with zero attached hydrogens (tertiary/aromatic N) is 3. The van der Waals surface area contributed by atoms with Crippen molar-refractivity contribution < 1.29 is 14.1 Å². The lowest BCUT2D eigenvalue weighted by molar-refractivity contribution is 0.0939. The van der Waals surface area contributed by atoms with Gasteiger partial charge in [0.05, 0.1) is 24.5 Å². The third-order valence-corrected chi connectivity index (χ3v) is 5.67. The standard InChI is InChI=1S/C22H26N4O3S/c1-15-24-21(29-25-15)14-30-20-11-6-5-10-18(20)22(27)23-13-19(26(2)3)16-8-7-9-17(12-16)28-4/h5-12,19H,13-14H2,1-4H3,(H,23,27). The second-order valence-electron chi connectivity index (χ2n) is 6.99. The molecule has 8 heteroatoms. The minimum absolute atomic E-state index is 0.0187. The molecule has 1 unspecified atom stereocenters. The summed E-state index contributed by atoms with van der Waals surface area (Å²) in [5.41, 5.74) is 1.70. The highest BCUT2D eigenvalue weighted by Gasteiger charge is 2.18. The first kappa shape index (κ1) is 21.9. The van der Waals surface area contributed by atoms with E-state index >= 15 is 0 Å². The van der Waals surface area contributed by atoms with Crippen LogP contribution in [0.5, 0.6) is 5.75 Å². The van der Waals surface area contributed by atoms with Crippen molar-refractivity contribution in [3.8, 4) is 5.75 Å². The molecule has 3 rings (SSSR count). The monoisotopic (exact) mass is 426 g/mol. The van der Waals surface area contributed by atoms with E-state index in [-0.39, 0.29) is 11.9 Å². The van der Waals surface area contributed by atoms with Crippen molar-refractivity contribution in [2.24, 2.45) is 0 Å². The number of rotatable bonds is 9. The summed E-state index contributed by atoms with van der Waals surface area (Å²) in [6, 6.07) is 15.4. The number of ether oxygens (including phenoxy) is 1. The van der Waals surface area contributed by atoms with Gasteiger partial charge in [-0.1, -0.05) is 29.4 Å². The maximum Gasteiger partial charge on any atom is 0.252 e. The Bertz CT molecular complexity index is 990. The van der Waals surface area contributed by atoms with Gasteiger partial charge < -0.3 is 19.5 Å². The maximum absolute atomic E-state index is 12.9. The summed E-state index contributed by atoms with van der Waals surface area (Å²) in [6.45, 7) is 2.25. The first-order chi connectivity index (χ1) is 14.5. The summed E-state index contributed by atoms with van der Waals surface area (Å²) in [4.78, 5) is 20.1. The molecule has 1 aromatic heterocycles. The first-order valence-electron chi connectivity index (χ1n) is 9.57. The van der Waals surface area contributed by atoms with Crippen LogP contribution in [-0.4, -0.2) is 48.7 Å². The number of aryl methyl sites for hydroxylation is 1. The Morgan fingerprint density at radius 2 is 2.03 bits per heavy atom. The van der Waals surface area contributed by atoms with Gasteiger partial charge in [0.15, 0.2) is 5.82 Å². The quantitative estimate of drug-likeness (QED) is 0.523. The molecule has 0 aliphatic rings. The number of benzene rings is 2. The van der Waals surface area contributed by atoms with Gasteiger partial charge in [0, 0.05) is 11.4 Å². The zero-order chi connectivity index (χ0) is 21.5. The molecule has 0 saturated carbocycles. The van der Waals surface area contributed by atoms with Gasteiger partial charge >= 0.3 is 0 Å². The van der Waals surface area contributed by atoms with Gasteiger partial charge in [0.25, 0.3) is 5.91 Å². The molecule has 0 radical (unpaired) electrons. The van der Waals surface area contributed by atoms with Crippen LogP contribution in [0, 0.1) is 6.92 Å². The molecule has 30 heavy (non-hydrogen) atoms. The molecule has 158 valence electrons. The van der Waals surface area contributed by atoms with Crippen molar-refractivity contribution >= 4 is 17.7 Å². The zero-order valence-electron chi connectivity index (χ0n) is 17.6. The number of nitrogens with one attached hydrogen (secondary N) is 1. The largest absolute Gasteiger partial charge is 0.497 e. The fourth-order valence-corrected chi connectivity index (χ4v) is 3.94. The number of amides is 1. The number of likely N-dealkylation sites (N-methyl/N-ethyl adjacent to an activating group) is 1. The summed E-state index contributed by atoms with van der Waals surface area (Å²) in [6.07, 6.45) is 0. The topological polar surface area (TPSA) is 80.5 Å². The van der Waals surface area contributed by atoms with E-state index in [2.05, 4.69) is 20.4 Å². The molecular weight excluding hydrogens is 400 g/mol. The van der Waals surface area contributed by atoms with E-state index < -0.39 is 0 Å². The number of thioether (sulfide) groups is 1. The summed E-state index contributed by atoms with van der Waals surface area (Å²) >= 11 is 1.50. The summed E-state index contributed by atoms with van der Waals surface area (Å²) < 4.78 is 10.5. The normalized spacial score (nSPS) is 12.0. The lowest BCUT2D eigenvalue weighted by atomic mass is 10.1. The molecule has 0 bridgehead atoms. The lowest BCUT2D eigenvalue weighted by Crippen LogP contribution is -2.34. The van der Waals surface area contributed by atoms with E-state index in [0.29, 0.717) is 29.6 Å². The van der Waals surface area contributed by atoms with E-state index in [4.69, 9.17) is 9.26 Å². The van der Waals surface area contributed by atoms with Gasteiger partial charge in [-0.25, -0.2) is 0 Å². The van der Waals surface area contributed by atoms with Crippen LogP contribution < -0.4 is 10.1 Å². The van der Waals surface area contributed by atoms with Crippen molar-refractivity contribution in [1.29, 1.82) is 0 Å². The Balaban J connectivity index is 1.68. The van der Waals surface area contributed by atoms with Crippen molar-refractivity contribution in [1.82, 2.24) is 20.4 Å². The van der Waals surface area contributed by atoms with Gasteiger partial charge in [-0.2, -0.15) is 4.98 Å². The third-order valence-electron chi connectivity index (χ3n) is 4.61. The molecule has 1 amide bonds. The number of aromatic nitrogens is 2. The highest BCUT2D eigenvalue weighted by Crippen LogP contribution is 2.26. The number of hydrogen-bond donors (Lipinski definition) is 1.